The van der Waals surface area contributed by atoms with Gasteiger partial charge in [0, 0.05) is 43.8 Å². The lowest BCUT2D eigenvalue weighted by Gasteiger charge is -2.34. The Morgan fingerprint density at radius 1 is 1.15 bits per heavy atom. The molecule has 2 aliphatic rings. The van der Waals surface area contributed by atoms with Gasteiger partial charge in [0.05, 0.1) is 0 Å². The van der Waals surface area contributed by atoms with E-state index < -0.39 is 0 Å². The Balaban J connectivity index is 1.23. The minimum Gasteiger partial charge on any atom is -0.346 e. The summed E-state index contributed by atoms with van der Waals surface area (Å²) in [5.74, 6) is 0. The van der Waals surface area contributed by atoms with Crippen molar-refractivity contribution in [3.63, 3.8) is 0 Å². The SMILES string of the molecule is c1csc(N2CCN(CCCCCNC3CC3)CC2)n1. The van der Waals surface area contributed by atoms with E-state index in [2.05, 4.69) is 25.5 Å². The third kappa shape index (κ3) is 4.43. The fourth-order valence-corrected chi connectivity index (χ4v) is 3.46. The molecule has 2 heterocycles. The van der Waals surface area contributed by atoms with Crippen LogP contribution >= 0.6 is 11.3 Å². The van der Waals surface area contributed by atoms with Gasteiger partial charge in [-0.05, 0) is 38.8 Å². The van der Waals surface area contributed by atoms with Crippen molar-refractivity contribution in [2.24, 2.45) is 0 Å². The summed E-state index contributed by atoms with van der Waals surface area (Å²) in [5, 5.41) is 6.85. The maximum Gasteiger partial charge on any atom is 0.185 e. The molecule has 1 aliphatic heterocycles. The van der Waals surface area contributed by atoms with E-state index in [1.807, 2.05) is 6.20 Å². The molecule has 1 aliphatic carbocycles. The molecular formula is C15H26N4S. The van der Waals surface area contributed by atoms with Crippen molar-refractivity contribution >= 4 is 16.5 Å². The molecule has 0 spiro atoms. The number of nitrogens with one attached hydrogen (secondary N) is 1. The summed E-state index contributed by atoms with van der Waals surface area (Å²) in [5.41, 5.74) is 0. The van der Waals surface area contributed by atoms with Crippen molar-refractivity contribution < 1.29 is 0 Å². The van der Waals surface area contributed by atoms with Gasteiger partial charge in [0.25, 0.3) is 0 Å². The van der Waals surface area contributed by atoms with Crippen LogP contribution in [0.3, 0.4) is 0 Å². The molecule has 4 nitrogen and oxygen atoms in total. The number of anilines is 1. The van der Waals surface area contributed by atoms with E-state index in [1.165, 1.54) is 63.4 Å². The lowest BCUT2D eigenvalue weighted by atomic mass is 10.2. The molecule has 1 aromatic rings. The molecule has 1 saturated carbocycles. The molecule has 3 rings (SSSR count). The van der Waals surface area contributed by atoms with E-state index in [9.17, 15) is 0 Å². The van der Waals surface area contributed by atoms with Crippen molar-refractivity contribution in [2.75, 3.05) is 44.2 Å². The minimum absolute atomic E-state index is 0.869. The van der Waals surface area contributed by atoms with E-state index >= 15 is 0 Å². The molecule has 0 unspecified atom stereocenters. The summed E-state index contributed by atoms with van der Waals surface area (Å²) < 4.78 is 0. The van der Waals surface area contributed by atoms with Crippen LogP contribution in [0.1, 0.15) is 32.1 Å². The molecule has 0 aromatic carbocycles. The molecule has 0 bridgehead atoms. The molecule has 1 saturated heterocycles. The Kier molecular flexibility index (Phi) is 5.28. The summed E-state index contributed by atoms with van der Waals surface area (Å²) in [7, 11) is 0. The average Bonchev–Trinajstić information content (AvgIpc) is 3.14. The first kappa shape index (κ1) is 14.3. The van der Waals surface area contributed by atoms with Crippen molar-refractivity contribution in [2.45, 2.75) is 38.1 Å². The highest BCUT2D eigenvalue weighted by Gasteiger charge is 2.20. The van der Waals surface area contributed by atoms with Gasteiger partial charge >= 0.3 is 0 Å². The van der Waals surface area contributed by atoms with Gasteiger partial charge in [-0.2, -0.15) is 0 Å². The predicted molar refractivity (Wildman–Crippen MR) is 85.6 cm³/mol. The van der Waals surface area contributed by atoms with Crippen LogP contribution in [0, 0.1) is 0 Å². The Bertz CT molecular complexity index is 369. The van der Waals surface area contributed by atoms with Gasteiger partial charge in [-0.1, -0.05) is 6.42 Å². The van der Waals surface area contributed by atoms with Gasteiger partial charge in [-0.3, -0.25) is 4.90 Å². The Hall–Kier alpha value is -0.650. The molecule has 0 radical (unpaired) electrons. The van der Waals surface area contributed by atoms with E-state index in [0.717, 1.165) is 19.1 Å². The molecule has 0 amide bonds. The zero-order valence-electron chi connectivity index (χ0n) is 12.3. The topological polar surface area (TPSA) is 31.4 Å². The van der Waals surface area contributed by atoms with E-state index in [1.54, 1.807) is 11.3 Å². The molecule has 112 valence electrons. The van der Waals surface area contributed by atoms with Gasteiger partial charge in [0.15, 0.2) is 5.13 Å². The lowest BCUT2D eigenvalue weighted by Crippen LogP contribution is -2.46. The fraction of sp³-hybridized carbons (Fsp3) is 0.800. The van der Waals surface area contributed by atoms with Gasteiger partial charge in [-0.15, -0.1) is 11.3 Å². The number of hydrogen-bond acceptors (Lipinski definition) is 5. The first-order valence-corrected chi connectivity index (χ1v) is 8.90. The summed E-state index contributed by atoms with van der Waals surface area (Å²) in [6.45, 7) is 7.16. The molecule has 1 aromatic heterocycles. The summed E-state index contributed by atoms with van der Waals surface area (Å²) in [6.07, 6.45) is 8.78. The van der Waals surface area contributed by atoms with Gasteiger partial charge in [0.2, 0.25) is 0 Å². The smallest absolute Gasteiger partial charge is 0.185 e. The second-order valence-corrected chi connectivity index (χ2v) is 6.81. The van der Waals surface area contributed by atoms with Crippen molar-refractivity contribution in [3.8, 4) is 0 Å². The van der Waals surface area contributed by atoms with Crippen molar-refractivity contribution in [1.82, 2.24) is 15.2 Å². The molecule has 20 heavy (non-hydrogen) atoms. The van der Waals surface area contributed by atoms with Crippen LogP contribution in [0.15, 0.2) is 11.6 Å². The average molecular weight is 294 g/mol. The van der Waals surface area contributed by atoms with Gasteiger partial charge < -0.3 is 10.2 Å². The summed E-state index contributed by atoms with van der Waals surface area (Å²) in [6, 6.07) is 0.869. The third-order valence-electron chi connectivity index (χ3n) is 4.22. The maximum absolute atomic E-state index is 4.40. The molecule has 5 heteroatoms. The van der Waals surface area contributed by atoms with Crippen LogP contribution in [0.4, 0.5) is 5.13 Å². The largest absolute Gasteiger partial charge is 0.346 e. The number of piperazine rings is 1. The fourth-order valence-electron chi connectivity index (χ4n) is 2.77. The summed E-state index contributed by atoms with van der Waals surface area (Å²) >= 11 is 1.75. The monoisotopic (exact) mass is 294 g/mol. The van der Waals surface area contributed by atoms with Crippen LogP contribution in [-0.2, 0) is 0 Å². The number of nitrogens with zero attached hydrogens (tertiary/aromatic N) is 3. The van der Waals surface area contributed by atoms with Gasteiger partial charge in [-0.25, -0.2) is 4.98 Å². The van der Waals surface area contributed by atoms with E-state index in [-0.39, 0.29) is 0 Å². The zero-order chi connectivity index (χ0) is 13.6. The highest BCUT2D eigenvalue weighted by Crippen LogP contribution is 2.19. The first-order valence-electron chi connectivity index (χ1n) is 8.02. The minimum atomic E-state index is 0.869. The van der Waals surface area contributed by atoms with Crippen molar-refractivity contribution in [1.29, 1.82) is 0 Å². The van der Waals surface area contributed by atoms with Crippen LogP contribution in [-0.4, -0.2) is 55.2 Å². The van der Waals surface area contributed by atoms with E-state index in [4.69, 9.17) is 0 Å². The Labute approximate surface area is 126 Å². The number of rotatable bonds is 8. The molecule has 2 fully saturated rings. The normalized spacial score (nSPS) is 20.5. The number of unbranched alkanes of at least 4 members (excludes halogenated alkanes) is 2. The second kappa shape index (κ2) is 7.38. The van der Waals surface area contributed by atoms with E-state index in [0.29, 0.717) is 0 Å². The second-order valence-electron chi connectivity index (χ2n) is 5.93. The van der Waals surface area contributed by atoms with Crippen LogP contribution in [0.25, 0.3) is 0 Å². The van der Waals surface area contributed by atoms with Gasteiger partial charge in [0.1, 0.15) is 0 Å². The molecular weight excluding hydrogens is 268 g/mol. The van der Waals surface area contributed by atoms with Crippen LogP contribution in [0.2, 0.25) is 0 Å². The molecule has 1 N–H and O–H groups in total. The highest BCUT2D eigenvalue weighted by molar-refractivity contribution is 7.13. The quantitative estimate of drug-likeness (QED) is 0.745. The molecule has 0 atom stereocenters. The Morgan fingerprint density at radius 2 is 2.00 bits per heavy atom. The highest BCUT2D eigenvalue weighted by atomic mass is 32.1. The third-order valence-corrected chi connectivity index (χ3v) is 5.06. The lowest BCUT2D eigenvalue weighted by molar-refractivity contribution is 0.252. The number of hydrogen-bond donors (Lipinski definition) is 1. The predicted octanol–water partition coefficient (Wildman–Crippen LogP) is 2.19. The number of aromatic nitrogens is 1. The first-order chi connectivity index (χ1) is 9.92. The maximum atomic E-state index is 4.40. The van der Waals surface area contributed by atoms with Crippen LogP contribution in [0.5, 0.6) is 0 Å². The van der Waals surface area contributed by atoms with Crippen LogP contribution < -0.4 is 10.2 Å². The van der Waals surface area contributed by atoms with Crippen molar-refractivity contribution in [3.05, 3.63) is 11.6 Å². The zero-order valence-corrected chi connectivity index (χ0v) is 13.1. The Morgan fingerprint density at radius 3 is 2.70 bits per heavy atom. The summed E-state index contributed by atoms with van der Waals surface area (Å²) in [4.78, 5) is 9.43. The number of thiazole rings is 1. The standard InChI is InChI=1S/C15H26N4S/c1(2-6-16-14-4-5-14)3-8-18-9-11-19(12-10-18)15-17-7-13-20-15/h7,13-14,16H,1-6,8-12H2.